The quantitative estimate of drug-likeness (QED) is 0.841. The fourth-order valence-electron chi connectivity index (χ4n) is 1.96. The van der Waals surface area contributed by atoms with Crippen molar-refractivity contribution in [2.75, 3.05) is 39.5 Å². The third kappa shape index (κ3) is 6.65. The van der Waals surface area contributed by atoms with Gasteiger partial charge in [-0.05, 0) is 24.6 Å². The lowest BCUT2D eigenvalue weighted by Crippen LogP contribution is -2.38. The summed E-state index contributed by atoms with van der Waals surface area (Å²) in [6, 6.07) is 7.23. The first kappa shape index (κ1) is 18.1. The normalized spacial score (nSPS) is 15.6. The van der Waals surface area contributed by atoms with Crippen molar-refractivity contribution in [1.82, 2.24) is 4.90 Å². The zero-order valence-electron chi connectivity index (χ0n) is 13.0. The van der Waals surface area contributed by atoms with Gasteiger partial charge in [0.2, 0.25) is 0 Å². The van der Waals surface area contributed by atoms with Gasteiger partial charge in [0.1, 0.15) is 18.5 Å². The van der Waals surface area contributed by atoms with Crippen molar-refractivity contribution in [2.24, 2.45) is 0 Å². The van der Waals surface area contributed by atoms with E-state index in [0.29, 0.717) is 12.2 Å². The first-order valence-corrected chi connectivity index (χ1v) is 7.25. The first-order valence-electron chi connectivity index (χ1n) is 7.25. The molecule has 118 valence electrons. The molecule has 1 aliphatic rings. The van der Waals surface area contributed by atoms with E-state index in [9.17, 15) is 5.11 Å². The lowest BCUT2D eigenvalue weighted by atomic mass is 10.1. The maximum absolute atomic E-state index is 9.47. The molecule has 1 saturated heterocycles. The molecule has 1 heterocycles. The van der Waals surface area contributed by atoms with E-state index in [4.69, 9.17) is 15.9 Å². The predicted octanol–water partition coefficient (Wildman–Crippen LogP) is 1.70. The molecule has 1 aromatic rings. The summed E-state index contributed by atoms with van der Waals surface area (Å²) in [6.45, 7) is 6.75. The molecule has 2 rings (SSSR count). The summed E-state index contributed by atoms with van der Waals surface area (Å²) in [5.74, 6) is 5.33. The highest BCUT2D eigenvalue weighted by Gasteiger charge is 2.09. The number of aliphatic hydroxyl groups excluding tert-OH is 1. The molecule has 0 aliphatic carbocycles. The van der Waals surface area contributed by atoms with E-state index in [0.717, 1.165) is 38.6 Å². The molecule has 0 spiro atoms. The van der Waals surface area contributed by atoms with Crippen molar-refractivity contribution in [3.8, 4) is 30.4 Å². The lowest BCUT2D eigenvalue weighted by molar-refractivity contribution is 0.0322. The fraction of sp³-hybridized carbons (Fsp3) is 0.444. The molecule has 1 atom stereocenters. The molecular weight excluding hydrogens is 278 g/mol. The van der Waals surface area contributed by atoms with Crippen LogP contribution in [0, 0.1) is 24.7 Å². The maximum atomic E-state index is 9.47. The predicted molar refractivity (Wildman–Crippen MR) is 87.5 cm³/mol. The minimum absolute atomic E-state index is 0.650. The van der Waals surface area contributed by atoms with Gasteiger partial charge in [-0.15, -0.1) is 18.8 Å². The van der Waals surface area contributed by atoms with Crippen molar-refractivity contribution in [3.05, 3.63) is 29.8 Å². The Kier molecular flexibility index (Phi) is 8.79. The Morgan fingerprint density at radius 1 is 1.27 bits per heavy atom. The highest BCUT2D eigenvalue weighted by atomic mass is 16.5. The van der Waals surface area contributed by atoms with Crippen LogP contribution in [-0.4, -0.2) is 49.5 Å². The topological polar surface area (TPSA) is 41.9 Å². The van der Waals surface area contributed by atoms with Crippen molar-refractivity contribution in [3.63, 3.8) is 0 Å². The van der Waals surface area contributed by atoms with Crippen molar-refractivity contribution in [1.29, 1.82) is 0 Å². The van der Waals surface area contributed by atoms with Gasteiger partial charge in [-0.25, -0.2) is 0 Å². The Labute approximate surface area is 133 Å². The standard InChI is InChI=1S/C15H19NO3.C3H4/c1-2-15(17)13-3-5-14(6-4-13)19-12-9-16-7-10-18-11-8-16;1-3-2/h1,3-6,15,17H,7-12H2;1H,2H3. The molecule has 22 heavy (non-hydrogen) atoms. The molecule has 0 aromatic heterocycles. The van der Waals surface area contributed by atoms with Crippen LogP contribution in [0.3, 0.4) is 0 Å². The van der Waals surface area contributed by atoms with Gasteiger partial charge in [-0.2, -0.15) is 0 Å². The molecule has 0 amide bonds. The molecular formula is C18H23NO3. The van der Waals surface area contributed by atoms with Crippen LogP contribution in [0.2, 0.25) is 0 Å². The third-order valence-electron chi connectivity index (χ3n) is 3.13. The summed E-state index contributed by atoms with van der Waals surface area (Å²) in [5, 5.41) is 9.47. The van der Waals surface area contributed by atoms with Crippen molar-refractivity contribution in [2.45, 2.75) is 13.0 Å². The second-order valence-electron chi connectivity index (χ2n) is 4.73. The number of ether oxygens (including phenoxy) is 2. The number of aliphatic hydroxyl groups is 1. The molecule has 0 saturated carbocycles. The van der Waals surface area contributed by atoms with E-state index in [1.807, 2.05) is 12.1 Å². The molecule has 1 fully saturated rings. The zero-order chi connectivity index (χ0) is 16.2. The SMILES string of the molecule is C#CC.C#CC(O)c1ccc(OCCN2CCOCC2)cc1. The molecule has 4 nitrogen and oxygen atoms in total. The number of benzene rings is 1. The minimum atomic E-state index is -0.845. The van der Waals surface area contributed by atoms with E-state index < -0.39 is 6.10 Å². The Morgan fingerprint density at radius 3 is 2.41 bits per heavy atom. The van der Waals surface area contributed by atoms with Crippen molar-refractivity contribution < 1.29 is 14.6 Å². The summed E-state index contributed by atoms with van der Waals surface area (Å²) in [5.41, 5.74) is 0.711. The summed E-state index contributed by atoms with van der Waals surface area (Å²) in [4.78, 5) is 2.32. The van der Waals surface area contributed by atoms with E-state index in [2.05, 4.69) is 23.2 Å². The lowest BCUT2D eigenvalue weighted by Gasteiger charge is -2.26. The number of hydrogen-bond acceptors (Lipinski definition) is 4. The largest absolute Gasteiger partial charge is 0.492 e. The van der Waals surface area contributed by atoms with Gasteiger partial charge >= 0.3 is 0 Å². The second-order valence-corrected chi connectivity index (χ2v) is 4.73. The summed E-state index contributed by atoms with van der Waals surface area (Å²) >= 11 is 0. The Bertz CT molecular complexity index is 493. The van der Waals surface area contributed by atoms with Crippen LogP contribution in [0.4, 0.5) is 0 Å². The summed E-state index contributed by atoms with van der Waals surface area (Å²) < 4.78 is 10.9. The van der Waals surface area contributed by atoms with Crippen molar-refractivity contribution >= 4 is 0 Å². The van der Waals surface area contributed by atoms with E-state index in [1.165, 1.54) is 0 Å². The zero-order valence-corrected chi connectivity index (χ0v) is 13.0. The Balaban J connectivity index is 0.000000745. The van der Waals surface area contributed by atoms with Gasteiger partial charge in [0.25, 0.3) is 0 Å². The first-order chi connectivity index (χ1) is 10.7. The van der Waals surface area contributed by atoms with E-state index >= 15 is 0 Å². The molecule has 1 aromatic carbocycles. The highest BCUT2D eigenvalue weighted by molar-refractivity contribution is 5.31. The van der Waals surface area contributed by atoms with Crippen LogP contribution in [0.25, 0.3) is 0 Å². The van der Waals surface area contributed by atoms with Gasteiger partial charge in [0.05, 0.1) is 13.2 Å². The van der Waals surface area contributed by atoms with Crippen LogP contribution < -0.4 is 4.74 Å². The molecule has 0 radical (unpaired) electrons. The number of rotatable bonds is 5. The van der Waals surface area contributed by atoms with Gasteiger partial charge in [-0.3, -0.25) is 4.90 Å². The van der Waals surface area contributed by atoms with Gasteiger partial charge in [0, 0.05) is 19.6 Å². The number of nitrogens with zero attached hydrogens (tertiary/aromatic N) is 1. The van der Waals surface area contributed by atoms with Crippen LogP contribution >= 0.6 is 0 Å². The maximum Gasteiger partial charge on any atom is 0.139 e. The van der Waals surface area contributed by atoms with Gasteiger partial charge < -0.3 is 14.6 Å². The van der Waals surface area contributed by atoms with Gasteiger partial charge in [-0.1, -0.05) is 18.1 Å². The fourth-order valence-corrected chi connectivity index (χ4v) is 1.96. The number of terminal acetylenes is 2. The minimum Gasteiger partial charge on any atom is -0.492 e. The van der Waals surface area contributed by atoms with E-state index in [1.54, 1.807) is 19.1 Å². The van der Waals surface area contributed by atoms with Crippen LogP contribution in [0.15, 0.2) is 24.3 Å². The smallest absolute Gasteiger partial charge is 0.139 e. The third-order valence-corrected chi connectivity index (χ3v) is 3.13. The van der Waals surface area contributed by atoms with Crippen LogP contribution in [0.5, 0.6) is 5.75 Å². The Morgan fingerprint density at radius 2 is 1.86 bits per heavy atom. The van der Waals surface area contributed by atoms with Crippen LogP contribution in [0.1, 0.15) is 18.6 Å². The van der Waals surface area contributed by atoms with Crippen LogP contribution in [-0.2, 0) is 4.74 Å². The highest BCUT2D eigenvalue weighted by Crippen LogP contribution is 2.17. The molecule has 1 unspecified atom stereocenters. The molecule has 0 bridgehead atoms. The Hall–Kier alpha value is -1.98. The summed E-state index contributed by atoms with van der Waals surface area (Å²) in [7, 11) is 0. The van der Waals surface area contributed by atoms with E-state index in [-0.39, 0.29) is 0 Å². The van der Waals surface area contributed by atoms with Gasteiger partial charge in [0.15, 0.2) is 0 Å². The molecule has 4 heteroatoms. The second kappa shape index (κ2) is 10.7. The number of hydrogen-bond donors (Lipinski definition) is 1. The average Bonchev–Trinajstić information content (AvgIpc) is 2.56. The average molecular weight is 301 g/mol. The molecule has 1 aliphatic heterocycles. The number of morpholine rings is 1. The summed E-state index contributed by atoms with van der Waals surface area (Å²) in [6.07, 6.45) is 8.91. The monoisotopic (exact) mass is 301 g/mol. The molecule has 1 N–H and O–H groups in total.